The van der Waals surface area contributed by atoms with Gasteiger partial charge in [0.05, 0.1) is 24.3 Å². The second-order valence-electron chi connectivity index (χ2n) is 8.68. The van der Waals surface area contributed by atoms with E-state index in [1.807, 2.05) is 0 Å². The summed E-state index contributed by atoms with van der Waals surface area (Å²) in [6, 6.07) is 15.2. The lowest BCUT2D eigenvalue weighted by molar-refractivity contribution is 0.192. The topological polar surface area (TPSA) is 107 Å². The largest absolute Gasteiger partial charge is 0.497 e. The van der Waals surface area contributed by atoms with Crippen LogP contribution in [0.15, 0.2) is 59.5 Å². The predicted molar refractivity (Wildman–Crippen MR) is 131 cm³/mol. The Bertz CT molecular complexity index is 1240. The molecule has 0 aliphatic carbocycles. The average Bonchev–Trinajstić information content (AvgIpc) is 2.79. The van der Waals surface area contributed by atoms with Crippen molar-refractivity contribution in [3.8, 4) is 23.1 Å². The second kappa shape index (κ2) is 10.3. The molecule has 182 valence electrons. The molecule has 0 atom stereocenters. The first kappa shape index (κ1) is 25.3. The Kier molecular flexibility index (Phi) is 7.68. The molecule has 3 rings (SSSR count). The number of sulfonamides is 1. The van der Waals surface area contributed by atoms with E-state index in [0.29, 0.717) is 17.2 Å². The summed E-state index contributed by atoms with van der Waals surface area (Å²) in [5.41, 5.74) is 1.58. The van der Waals surface area contributed by atoms with Gasteiger partial charge in [-0.05, 0) is 48.2 Å². The number of nitrogens with one attached hydrogen (secondary N) is 1. The Morgan fingerprint density at radius 3 is 2.32 bits per heavy atom. The van der Waals surface area contributed by atoms with Gasteiger partial charge >= 0.3 is 0 Å². The molecule has 9 heteroatoms. The van der Waals surface area contributed by atoms with Crippen LogP contribution in [-0.2, 0) is 15.4 Å². The van der Waals surface area contributed by atoms with Gasteiger partial charge in [0.2, 0.25) is 5.75 Å². The highest BCUT2D eigenvalue weighted by Gasteiger charge is 2.23. The molecule has 3 aromatic rings. The van der Waals surface area contributed by atoms with E-state index in [4.69, 9.17) is 14.2 Å². The monoisotopic (exact) mass is 486 g/mol. The van der Waals surface area contributed by atoms with Gasteiger partial charge < -0.3 is 19.3 Å². The normalized spacial score (nSPS) is 11.7. The molecule has 2 N–H and O–H groups in total. The molecule has 0 amide bonds. The molecule has 0 bridgehead atoms. The molecule has 0 unspecified atom stereocenters. The number of aliphatic hydroxyl groups is 1. The summed E-state index contributed by atoms with van der Waals surface area (Å²) in [5.74, 6) is 1.09. The Balaban J connectivity index is 2.02. The van der Waals surface area contributed by atoms with Gasteiger partial charge in [-0.3, -0.25) is 4.72 Å². The molecule has 0 fully saturated rings. The number of pyridine rings is 1. The predicted octanol–water partition coefficient (Wildman–Crippen LogP) is 4.66. The van der Waals surface area contributed by atoms with Crippen LogP contribution in [0.2, 0.25) is 0 Å². The highest BCUT2D eigenvalue weighted by molar-refractivity contribution is 7.92. The average molecular weight is 487 g/mol. The minimum Gasteiger partial charge on any atom is -0.497 e. The Morgan fingerprint density at radius 2 is 1.71 bits per heavy atom. The van der Waals surface area contributed by atoms with Crippen molar-refractivity contribution >= 4 is 15.7 Å². The standard InChI is InChI=1S/C25H30N2O6S/c1-17-15-22(27-34(29,30)21-11-9-18(10-12-21)25(2,3)4)23(24(26-17)32-14-13-28)33-20-8-6-7-19(16-20)31-5/h6-12,15-16,28H,13-14H2,1-5H3,(H,26,27). The Labute approximate surface area is 200 Å². The number of rotatable bonds is 9. The first-order valence-corrected chi connectivity index (χ1v) is 12.2. The number of benzene rings is 2. The fourth-order valence-corrected chi connectivity index (χ4v) is 4.22. The molecule has 0 spiro atoms. The minimum absolute atomic E-state index is 0.0363. The third-order valence-electron chi connectivity index (χ3n) is 4.94. The van der Waals surface area contributed by atoms with Gasteiger partial charge in [-0.1, -0.05) is 39.0 Å². The SMILES string of the molecule is COc1cccc(Oc2c(NS(=O)(=O)c3ccc(C(C)(C)C)cc3)cc(C)nc2OCCO)c1. The van der Waals surface area contributed by atoms with Crippen molar-refractivity contribution in [2.45, 2.75) is 38.0 Å². The van der Waals surface area contributed by atoms with E-state index >= 15 is 0 Å². The zero-order valence-corrected chi connectivity index (χ0v) is 20.8. The number of methoxy groups -OCH3 is 1. The van der Waals surface area contributed by atoms with E-state index in [0.717, 1.165) is 5.56 Å². The first-order chi connectivity index (χ1) is 16.0. The maximum Gasteiger partial charge on any atom is 0.262 e. The second-order valence-corrected chi connectivity index (χ2v) is 10.4. The van der Waals surface area contributed by atoms with Crippen LogP contribution in [0.5, 0.6) is 23.1 Å². The van der Waals surface area contributed by atoms with E-state index < -0.39 is 10.0 Å². The van der Waals surface area contributed by atoms with E-state index in [-0.39, 0.29) is 40.8 Å². The number of ether oxygens (including phenoxy) is 3. The number of nitrogens with zero attached hydrogens (tertiary/aromatic N) is 1. The first-order valence-electron chi connectivity index (χ1n) is 10.7. The van der Waals surface area contributed by atoms with Crippen LogP contribution < -0.4 is 18.9 Å². The number of anilines is 1. The lowest BCUT2D eigenvalue weighted by atomic mass is 9.87. The third kappa shape index (κ3) is 6.18. The van der Waals surface area contributed by atoms with E-state index in [1.165, 1.54) is 7.11 Å². The number of aryl methyl sites for hydroxylation is 1. The van der Waals surface area contributed by atoms with Crippen LogP contribution in [0, 0.1) is 6.92 Å². The lowest BCUT2D eigenvalue weighted by Gasteiger charge is -2.20. The van der Waals surface area contributed by atoms with Crippen LogP contribution in [0.4, 0.5) is 5.69 Å². The molecule has 0 aliphatic rings. The van der Waals surface area contributed by atoms with Gasteiger partial charge in [-0.15, -0.1) is 0 Å². The van der Waals surface area contributed by atoms with Gasteiger partial charge in [0.1, 0.15) is 18.1 Å². The molecule has 2 aromatic carbocycles. The quantitative estimate of drug-likeness (QED) is 0.453. The maximum absolute atomic E-state index is 13.2. The van der Waals surface area contributed by atoms with E-state index in [2.05, 4.69) is 30.5 Å². The summed E-state index contributed by atoms with van der Waals surface area (Å²) in [6.07, 6.45) is 0. The van der Waals surface area contributed by atoms with E-state index in [1.54, 1.807) is 61.5 Å². The molecule has 0 saturated carbocycles. The molecule has 8 nitrogen and oxygen atoms in total. The maximum atomic E-state index is 13.2. The molecule has 0 radical (unpaired) electrons. The molecule has 0 saturated heterocycles. The van der Waals surface area contributed by atoms with Crippen molar-refractivity contribution in [2.75, 3.05) is 25.0 Å². The zero-order valence-electron chi connectivity index (χ0n) is 20.0. The van der Waals surface area contributed by atoms with Gasteiger partial charge in [-0.2, -0.15) is 0 Å². The number of aliphatic hydroxyl groups excluding tert-OH is 1. The smallest absolute Gasteiger partial charge is 0.262 e. The summed E-state index contributed by atoms with van der Waals surface area (Å²) >= 11 is 0. The Morgan fingerprint density at radius 1 is 1.03 bits per heavy atom. The zero-order chi connectivity index (χ0) is 24.9. The van der Waals surface area contributed by atoms with Crippen LogP contribution in [0.25, 0.3) is 0 Å². The van der Waals surface area contributed by atoms with Crippen molar-refractivity contribution in [3.05, 3.63) is 65.9 Å². The summed E-state index contributed by atoms with van der Waals surface area (Å²) in [4.78, 5) is 4.44. The minimum atomic E-state index is -3.94. The number of hydrogen-bond acceptors (Lipinski definition) is 7. The van der Waals surface area contributed by atoms with Crippen molar-refractivity contribution in [1.82, 2.24) is 4.98 Å². The highest BCUT2D eigenvalue weighted by Crippen LogP contribution is 2.40. The third-order valence-corrected chi connectivity index (χ3v) is 6.32. The summed E-state index contributed by atoms with van der Waals surface area (Å²) in [5, 5.41) is 9.21. The van der Waals surface area contributed by atoms with Crippen molar-refractivity contribution in [2.24, 2.45) is 0 Å². The van der Waals surface area contributed by atoms with Crippen LogP contribution in [0.1, 0.15) is 32.0 Å². The fourth-order valence-electron chi connectivity index (χ4n) is 3.17. The van der Waals surface area contributed by atoms with Gasteiger partial charge in [0.15, 0.2) is 0 Å². The summed E-state index contributed by atoms with van der Waals surface area (Å²) in [7, 11) is -2.41. The van der Waals surface area contributed by atoms with Gasteiger partial charge in [-0.25, -0.2) is 13.4 Å². The lowest BCUT2D eigenvalue weighted by Crippen LogP contribution is -2.16. The molecule has 34 heavy (non-hydrogen) atoms. The fraction of sp³-hybridized carbons (Fsp3) is 0.320. The van der Waals surface area contributed by atoms with Gasteiger partial charge in [0, 0.05) is 11.8 Å². The van der Waals surface area contributed by atoms with Crippen LogP contribution in [0.3, 0.4) is 0 Å². The summed E-state index contributed by atoms with van der Waals surface area (Å²) in [6.45, 7) is 7.61. The Hall–Kier alpha value is -3.30. The van der Waals surface area contributed by atoms with E-state index in [9.17, 15) is 13.5 Å². The molecular formula is C25H30N2O6S. The van der Waals surface area contributed by atoms with Crippen molar-refractivity contribution in [3.63, 3.8) is 0 Å². The number of aromatic nitrogens is 1. The summed E-state index contributed by atoms with van der Waals surface area (Å²) < 4.78 is 45.8. The van der Waals surface area contributed by atoms with Crippen LogP contribution >= 0.6 is 0 Å². The van der Waals surface area contributed by atoms with Gasteiger partial charge in [0.25, 0.3) is 15.9 Å². The van der Waals surface area contributed by atoms with Crippen molar-refractivity contribution in [1.29, 1.82) is 0 Å². The molecular weight excluding hydrogens is 456 g/mol. The molecule has 0 aliphatic heterocycles. The van der Waals surface area contributed by atoms with Crippen molar-refractivity contribution < 1.29 is 27.7 Å². The molecule has 1 heterocycles. The molecule has 1 aromatic heterocycles. The van der Waals surface area contributed by atoms with Crippen LogP contribution in [-0.4, -0.2) is 38.8 Å². The highest BCUT2D eigenvalue weighted by atomic mass is 32.2. The number of hydrogen-bond donors (Lipinski definition) is 2.